The quantitative estimate of drug-likeness (QED) is 0.520. The monoisotopic (exact) mass is 285 g/mol. The van der Waals surface area contributed by atoms with E-state index in [2.05, 4.69) is 5.32 Å². The molecule has 2 rings (SSSR count). The van der Waals surface area contributed by atoms with Crippen molar-refractivity contribution in [3.8, 4) is 5.75 Å². The second-order valence-corrected chi connectivity index (χ2v) is 4.72. The number of hydrogen-bond donors (Lipinski definition) is 1. The highest BCUT2D eigenvalue weighted by molar-refractivity contribution is 7.80. The number of para-hydroxylation sites is 1. The summed E-state index contributed by atoms with van der Waals surface area (Å²) in [5, 5.41) is 3.05. The SMILES string of the molecule is O=C(CC(=S)NCc1ccccc1)Oc1ccccc1. The van der Waals surface area contributed by atoms with E-state index in [4.69, 9.17) is 17.0 Å². The van der Waals surface area contributed by atoms with Gasteiger partial charge in [-0.3, -0.25) is 4.79 Å². The van der Waals surface area contributed by atoms with E-state index >= 15 is 0 Å². The zero-order chi connectivity index (χ0) is 14.2. The Hall–Kier alpha value is -2.20. The van der Waals surface area contributed by atoms with Gasteiger partial charge >= 0.3 is 5.97 Å². The maximum Gasteiger partial charge on any atom is 0.318 e. The molecule has 0 saturated carbocycles. The molecule has 0 aliphatic carbocycles. The van der Waals surface area contributed by atoms with Crippen LogP contribution in [0, 0.1) is 0 Å². The molecule has 0 heterocycles. The van der Waals surface area contributed by atoms with Crippen LogP contribution >= 0.6 is 12.2 Å². The summed E-state index contributed by atoms with van der Waals surface area (Å²) in [6.45, 7) is 0.609. The van der Waals surface area contributed by atoms with E-state index in [0.717, 1.165) is 5.56 Å². The summed E-state index contributed by atoms with van der Waals surface area (Å²) in [4.78, 5) is 12.2. The molecule has 0 spiro atoms. The van der Waals surface area contributed by atoms with E-state index in [9.17, 15) is 4.79 Å². The molecule has 3 nitrogen and oxygen atoms in total. The van der Waals surface area contributed by atoms with Crippen molar-refractivity contribution in [2.24, 2.45) is 0 Å². The van der Waals surface area contributed by atoms with E-state index < -0.39 is 0 Å². The van der Waals surface area contributed by atoms with Gasteiger partial charge in [0.15, 0.2) is 0 Å². The van der Waals surface area contributed by atoms with Gasteiger partial charge in [-0.15, -0.1) is 0 Å². The van der Waals surface area contributed by atoms with Crippen molar-refractivity contribution >= 4 is 23.2 Å². The third-order valence-electron chi connectivity index (χ3n) is 2.61. The molecule has 0 fully saturated rings. The maximum absolute atomic E-state index is 11.7. The Morgan fingerprint density at radius 1 is 1.00 bits per heavy atom. The Morgan fingerprint density at radius 2 is 1.60 bits per heavy atom. The summed E-state index contributed by atoms with van der Waals surface area (Å²) < 4.78 is 5.17. The predicted molar refractivity (Wildman–Crippen MR) is 82.6 cm³/mol. The molecule has 2 aromatic carbocycles. The van der Waals surface area contributed by atoms with E-state index in [-0.39, 0.29) is 12.4 Å². The minimum atomic E-state index is -0.359. The zero-order valence-corrected chi connectivity index (χ0v) is 11.7. The first-order valence-electron chi connectivity index (χ1n) is 6.30. The molecule has 0 aliphatic rings. The highest BCUT2D eigenvalue weighted by Crippen LogP contribution is 2.09. The van der Waals surface area contributed by atoms with Gasteiger partial charge < -0.3 is 10.1 Å². The Bertz CT molecular complexity index is 570. The number of carbonyl (C=O) groups is 1. The molecule has 0 atom stereocenters. The van der Waals surface area contributed by atoms with Gasteiger partial charge in [0.05, 0.1) is 11.4 Å². The fraction of sp³-hybridized carbons (Fsp3) is 0.125. The van der Waals surface area contributed by atoms with Gasteiger partial charge in [0.2, 0.25) is 0 Å². The van der Waals surface area contributed by atoms with Crippen molar-refractivity contribution in [3.05, 3.63) is 66.2 Å². The van der Waals surface area contributed by atoms with Crippen LogP contribution in [0.15, 0.2) is 60.7 Å². The third-order valence-corrected chi connectivity index (χ3v) is 2.90. The van der Waals surface area contributed by atoms with Gasteiger partial charge in [0.1, 0.15) is 5.75 Å². The number of carbonyl (C=O) groups excluding carboxylic acids is 1. The molecule has 0 aliphatic heterocycles. The van der Waals surface area contributed by atoms with Gasteiger partial charge in [-0.2, -0.15) is 0 Å². The fourth-order valence-electron chi connectivity index (χ4n) is 1.65. The second-order valence-electron chi connectivity index (χ2n) is 4.23. The largest absolute Gasteiger partial charge is 0.426 e. The number of esters is 1. The molecular formula is C16H15NO2S. The lowest BCUT2D eigenvalue weighted by Crippen LogP contribution is -2.25. The van der Waals surface area contributed by atoms with Crippen LogP contribution in [0.3, 0.4) is 0 Å². The van der Waals surface area contributed by atoms with Crippen molar-refractivity contribution in [1.82, 2.24) is 5.32 Å². The van der Waals surface area contributed by atoms with E-state index in [1.165, 1.54) is 0 Å². The van der Waals surface area contributed by atoms with Crippen LogP contribution in [-0.4, -0.2) is 11.0 Å². The van der Waals surface area contributed by atoms with Crippen molar-refractivity contribution in [2.75, 3.05) is 0 Å². The zero-order valence-electron chi connectivity index (χ0n) is 10.9. The van der Waals surface area contributed by atoms with E-state index in [0.29, 0.717) is 17.3 Å². The van der Waals surface area contributed by atoms with Crippen LogP contribution in [0.25, 0.3) is 0 Å². The van der Waals surface area contributed by atoms with Gasteiger partial charge in [-0.25, -0.2) is 0 Å². The lowest BCUT2D eigenvalue weighted by Gasteiger charge is -2.08. The molecule has 102 valence electrons. The Kier molecular flexibility index (Phi) is 5.26. The van der Waals surface area contributed by atoms with E-state index in [1.54, 1.807) is 12.1 Å². The summed E-state index contributed by atoms with van der Waals surface area (Å²) in [7, 11) is 0. The van der Waals surface area contributed by atoms with Crippen molar-refractivity contribution in [2.45, 2.75) is 13.0 Å². The van der Waals surface area contributed by atoms with E-state index in [1.807, 2.05) is 48.5 Å². The lowest BCUT2D eigenvalue weighted by atomic mass is 10.2. The second kappa shape index (κ2) is 7.40. The first-order chi connectivity index (χ1) is 9.74. The normalized spacial score (nSPS) is 9.80. The van der Waals surface area contributed by atoms with Crippen LogP contribution < -0.4 is 10.1 Å². The first-order valence-corrected chi connectivity index (χ1v) is 6.71. The summed E-state index contributed by atoms with van der Waals surface area (Å²) >= 11 is 5.13. The number of thiocarbonyl (C=S) groups is 1. The minimum absolute atomic E-state index is 0.0804. The van der Waals surface area contributed by atoms with Gasteiger partial charge in [0, 0.05) is 6.54 Å². The van der Waals surface area contributed by atoms with Gasteiger partial charge in [0.25, 0.3) is 0 Å². The molecule has 0 amide bonds. The Labute approximate surface area is 123 Å². The average Bonchev–Trinajstić information content (AvgIpc) is 2.47. The summed E-state index contributed by atoms with van der Waals surface area (Å²) in [5.74, 6) is 0.171. The molecule has 0 unspecified atom stereocenters. The van der Waals surface area contributed by atoms with Crippen LogP contribution in [0.1, 0.15) is 12.0 Å². The summed E-state index contributed by atoms with van der Waals surface area (Å²) in [5.41, 5.74) is 1.12. The van der Waals surface area contributed by atoms with Crippen LogP contribution in [-0.2, 0) is 11.3 Å². The minimum Gasteiger partial charge on any atom is -0.426 e. The highest BCUT2D eigenvalue weighted by atomic mass is 32.1. The molecule has 1 N–H and O–H groups in total. The standard InChI is InChI=1S/C16H15NO2S/c18-16(19-14-9-5-2-6-10-14)11-15(20)17-12-13-7-3-1-4-8-13/h1-10H,11-12H2,(H,17,20). The summed E-state index contributed by atoms with van der Waals surface area (Å²) in [6.07, 6.45) is 0.0804. The average molecular weight is 285 g/mol. The lowest BCUT2D eigenvalue weighted by molar-refractivity contribution is -0.133. The molecule has 0 radical (unpaired) electrons. The Balaban J connectivity index is 1.75. The molecule has 20 heavy (non-hydrogen) atoms. The number of nitrogens with one attached hydrogen (secondary N) is 1. The van der Waals surface area contributed by atoms with Crippen LogP contribution in [0.2, 0.25) is 0 Å². The number of benzene rings is 2. The fourth-order valence-corrected chi connectivity index (χ4v) is 1.84. The number of ether oxygens (including phenoxy) is 1. The molecule has 0 saturated heterocycles. The Morgan fingerprint density at radius 3 is 2.25 bits per heavy atom. The number of rotatable bonds is 5. The highest BCUT2D eigenvalue weighted by Gasteiger charge is 2.08. The van der Waals surface area contributed by atoms with Gasteiger partial charge in [-0.1, -0.05) is 60.7 Å². The molecule has 4 heteroatoms. The van der Waals surface area contributed by atoms with Crippen molar-refractivity contribution < 1.29 is 9.53 Å². The maximum atomic E-state index is 11.7. The molecule has 2 aromatic rings. The smallest absolute Gasteiger partial charge is 0.318 e. The van der Waals surface area contributed by atoms with Crippen LogP contribution in [0.5, 0.6) is 5.75 Å². The molecular weight excluding hydrogens is 270 g/mol. The molecule has 0 bridgehead atoms. The predicted octanol–water partition coefficient (Wildman–Crippen LogP) is 3.10. The summed E-state index contributed by atoms with van der Waals surface area (Å²) in [6, 6.07) is 18.8. The van der Waals surface area contributed by atoms with Crippen LogP contribution in [0.4, 0.5) is 0 Å². The molecule has 0 aromatic heterocycles. The number of hydrogen-bond acceptors (Lipinski definition) is 3. The third kappa shape index (κ3) is 4.82. The van der Waals surface area contributed by atoms with Crippen molar-refractivity contribution in [1.29, 1.82) is 0 Å². The topological polar surface area (TPSA) is 38.3 Å². The van der Waals surface area contributed by atoms with Crippen molar-refractivity contribution in [3.63, 3.8) is 0 Å². The van der Waals surface area contributed by atoms with Gasteiger partial charge in [-0.05, 0) is 17.7 Å². The first kappa shape index (κ1) is 14.2.